The highest BCUT2D eigenvalue weighted by Crippen LogP contribution is 2.15. The Hall–Kier alpha value is -1.95. The van der Waals surface area contributed by atoms with Gasteiger partial charge in [-0.1, -0.05) is 18.2 Å². The number of sulfonamides is 1. The summed E-state index contributed by atoms with van der Waals surface area (Å²) in [4.78, 5) is 3.57. The lowest BCUT2D eigenvalue weighted by molar-refractivity contribution is 0.584. The highest BCUT2D eigenvalue weighted by molar-refractivity contribution is 7.92. The van der Waals surface area contributed by atoms with Crippen LogP contribution in [0.15, 0.2) is 47.4 Å². The molecule has 0 saturated heterocycles. The SMILES string of the molecule is Cc1cccc(S(=O)(=O)Nc2cccc(F)n2)c1. The number of nitrogens with zero attached hydrogens (tertiary/aromatic N) is 1. The first-order valence-corrected chi connectivity index (χ1v) is 6.68. The number of hydrogen-bond acceptors (Lipinski definition) is 3. The molecule has 0 radical (unpaired) electrons. The number of aromatic nitrogens is 1. The Labute approximate surface area is 105 Å². The first-order valence-electron chi connectivity index (χ1n) is 5.19. The van der Waals surface area contributed by atoms with Crippen LogP contribution in [-0.2, 0) is 10.0 Å². The molecular weight excluding hydrogens is 255 g/mol. The van der Waals surface area contributed by atoms with Crippen LogP contribution in [0.5, 0.6) is 0 Å². The van der Waals surface area contributed by atoms with E-state index in [9.17, 15) is 12.8 Å². The molecule has 0 aliphatic heterocycles. The smallest absolute Gasteiger partial charge is 0.263 e. The summed E-state index contributed by atoms with van der Waals surface area (Å²) < 4.78 is 39.1. The maximum atomic E-state index is 12.9. The van der Waals surface area contributed by atoms with E-state index in [0.717, 1.165) is 11.6 Å². The molecule has 0 bridgehead atoms. The van der Waals surface area contributed by atoms with Gasteiger partial charge in [0.2, 0.25) is 5.95 Å². The van der Waals surface area contributed by atoms with Crippen LogP contribution in [0.3, 0.4) is 0 Å². The Bertz CT molecular complexity index is 671. The number of anilines is 1. The van der Waals surface area contributed by atoms with Crippen LogP contribution < -0.4 is 4.72 Å². The predicted octanol–water partition coefficient (Wildman–Crippen LogP) is 2.33. The third-order valence-electron chi connectivity index (χ3n) is 2.25. The van der Waals surface area contributed by atoms with Crippen molar-refractivity contribution in [2.45, 2.75) is 11.8 Å². The third-order valence-corrected chi connectivity index (χ3v) is 3.61. The summed E-state index contributed by atoms with van der Waals surface area (Å²) in [6.45, 7) is 1.79. The van der Waals surface area contributed by atoms with Gasteiger partial charge in [-0.25, -0.2) is 13.4 Å². The second-order valence-electron chi connectivity index (χ2n) is 3.77. The first kappa shape index (κ1) is 12.5. The van der Waals surface area contributed by atoms with Crippen LogP contribution in [0.4, 0.5) is 10.2 Å². The van der Waals surface area contributed by atoms with Crippen molar-refractivity contribution >= 4 is 15.8 Å². The lowest BCUT2D eigenvalue weighted by Gasteiger charge is -2.07. The van der Waals surface area contributed by atoms with Gasteiger partial charge in [0, 0.05) is 0 Å². The van der Waals surface area contributed by atoms with E-state index in [1.54, 1.807) is 19.1 Å². The number of aryl methyl sites for hydroxylation is 1. The summed E-state index contributed by atoms with van der Waals surface area (Å²) >= 11 is 0. The minimum Gasteiger partial charge on any atom is -0.263 e. The van der Waals surface area contributed by atoms with E-state index in [0.29, 0.717) is 0 Å². The third kappa shape index (κ3) is 2.84. The van der Waals surface area contributed by atoms with Crippen molar-refractivity contribution < 1.29 is 12.8 Å². The number of nitrogens with one attached hydrogen (secondary N) is 1. The molecule has 94 valence electrons. The topological polar surface area (TPSA) is 59.1 Å². The molecule has 0 unspecified atom stereocenters. The highest BCUT2D eigenvalue weighted by Gasteiger charge is 2.14. The van der Waals surface area contributed by atoms with Gasteiger partial charge in [-0.05, 0) is 36.8 Å². The quantitative estimate of drug-likeness (QED) is 0.867. The molecule has 4 nitrogen and oxygen atoms in total. The van der Waals surface area contributed by atoms with Gasteiger partial charge >= 0.3 is 0 Å². The van der Waals surface area contributed by atoms with Crippen molar-refractivity contribution in [1.82, 2.24) is 4.98 Å². The van der Waals surface area contributed by atoms with E-state index in [1.807, 2.05) is 0 Å². The van der Waals surface area contributed by atoms with Crippen LogP contribution in [0.25, 0.3) is 0 Å². The van der Waals surface area contributed by atoms with Crippen molar-refractivity contribution in [3.05, 3.63) is 54.0 Å². The van der Waals surface area contributed by atoms with Gasteiger partial charge in [-0.3, -0.25) is 4.72 Å². The van der Waals surface area contributed by atoms with Crippen molar-refractivity contribution in [2.24, 2.45) is 0 Å². The van der Waals surface area contributed by atoms with E-state index in [4.69, 9.17) is 0 Å². The lowest BCUT2D eigenvalue weighted by atomic mass is 10.2. The van der Waals surface area contributed by atoms with Gasteiger partial charge in [-0.15, -0.1) is 0 Å². The summed E-state index contributed by atoms with van der Waals surface area (Å²) in [5.74, 6) is -0.782. The molecular formula is C12H11FN2O2S. The van der Waals surface area contributed by atoms with Gasteiger partial charge in [0.05, 0.1) is 4.90 Å². The van der Waals surface area contributed by atoms with Crippen molar-refractivity contribution in [2.75, 3.05) is 4.72 Å². The van der Waals surface area contributed by atoms with Crippen LogP contribution in [0, 0.1) is 12.9 Å². The maximum Gasteiger partial charge on any atom is 0.263 e. The van der Waals surface area contributed by atoms with E-state index < -0.39 is 16.0 Å². The van der Waals surface area contributed by atoms with Gasteiger partial charge in [0.15, 0.2) is 0 Å². The monoisotopic (exact) mass is 266 g/mol. The highest BCUT2D eigenvalue weighted by atomic mass is 32.2. The normalized spacial score (nSPS) is 11.2. The number of hydrogen-bond donors (Lipinski definition) is 1. The van der Waals surface area contributed by atoms with Crippen LogP contribution in [-0.4, -0.2) is 13.4 Å². The van der Waals surface area contributed by atoms with Crippen molar-refractivity contribution in [1.29, 1.82) is 0 Å². The summed E-state index contributed by atoms with van der Waals surface area (Å²) in [6, 6.07) is 10.3. The predicted molar refractivity (Wildman–Crippen MR) is 66.2 cm³/mol. The standard InChI is InChI=1S/C12H11FN2O2S/c1-9-4-2-5-10(8-9)18(16,17)15-12-7-3-6-11(13)14-12/h2-8H,1H3,(H,14,15). The molecule has 0 amide bonds. The fraction of sp³-hybridized carbons (Fsp3) is 0.0833. The molecule has 1 aromatic heterocycles. The molecule has 1 heterocycles. The average Bonchev–Trinajstić information content (AvgIpc) is 2.28. The van der Waals surface area contributed by atoms with Crippen molar-refractivity contribution in [3.63, 3.8) is 0 Å². The van der Waals surface area contributed by atoms with E-state index >= 15 is 0 Å². The van der Waals surface area contributed by atoms with Gasteiger partial charge < -0.3 is 0 Å². The van der Waals surface area contributed by atoms with Gasteiger partial charge in [-0.2, -0.15) is 4.39 Å². The molecule has 0 atom stereocenters. The number of halogens is 1. The second-order valence-corrected chi connectivity index (χ2v) is 5.45. The van der Waals surface area contributed by atoms with E-state index in [1.165, 1.54) is 24.3 Å². The van der Waals surface area contributed by atoms with Crippen LogP contribution >= 0.6 is 0 Å². The minimum absolute atomic E-state index is 0.0449. The molecule has 0 fully saturated rings. The Kier molecular flexibility index (Phi) is 3.29. The largest absolute Gasteiger partial charge is 0.263 e. The fourth-order valence-corrected chi connectivity index (χ4v) is 2.55. The Morgan fingerprint density at radius 3 is 2.56 bits per heavy atom. The molecule has 0 aliphatic carbocycles. The minimum atomic E-state index is -3.73. The average molecular weight is 266 g/mol. The molecule has 1 N–H and O–H groups in total. The van der Waals surface area contributed by atoms with Crippen molar-refractivity contribution in [3.8, 4) is 0 Å². The van der Waals surface area contributed by atoms with Gasteiger partial charge in [0.25, 0.3) is 10.0 Å². The van der Waals surface area contributed by atoms with E-state index in [2.05, 4.69) is 9.71 Å². The Morgan fingerprint density at radius 1 is 1.17 bits per heavy atom. The molecule has 2 rings (SSSR count). The zero-order valence-corrected chi connectivity index (χ0v) is 10.4. The zero-order chi connectivity index (χ0) is 13.2. The van der Waals surface area contributed by atoms with Crippen LogP contribution in [0.2, 0.25) is 0 Å². The molecule has 0 aliphatic rings. The molecule has 0 spiro atoms. The molecule has 18 heavy (non-hydrogen) atoms. The number of rotatable bonds is 3. The summed E-state index contributed by atoms with van der Waals surface area (Å²) in [6.07, 6.45) is 0. The lowest BCUT2D eigenvalue weighted by Crippen LogP contribution is -2.14. The molecule has 6 heteroatoms. The Balaban J connectivity index is 2.33. The first-order chi connectivity index (χ1) is 8.47. The number of pyridine rings is 1. The van der Waals surface area contributed by atoms with Crippen LogP contribution in [0.1, 0.15) is 5.56 Å². The Morgan fingerprint density at radius 2 is 1.89 bits per heavy atom. The summed E-state index contributed by atoms with van der Waals surface area (Å²) in [5.41, 5.74) is 0.824. The van der Waals surface area contributed by atoms with E-state index in [-0.39, 0.29) is 10.7 Å². The molecule has 0 saturated carbocycles. The number of benzene rings is 1. The van der Waals surface area contributed by atoms with Gasteiger partial charge in [0.1, 0.15) is 5.82 Å². The summed E-state index contributed by atoms with van der Waals surface area (Å²) in [7, 11) is -3.73. The molecule has 1 aromatic carbocycles. The zero-order valence-electron chi connectivity index (χ0n) is 9.59. The fourth-order valence-electron chi connectivity index (χ4n) is 1.44. The second kappa shape index (κ2) is 4.73. The summed E-state index contributed by atoms with van der Waals surface area (Å²) in [5, 5.41) is 0. The molecule has 2 aromatic rings. The maximum absolute atomic E-state index is 12.9.